The van der Waals surface area contributed by atoms with Crippen LogP contribution in [0.25, 0.3) is 0 Å². The molecule has 1 N–H and O–H groups in total. The van der Waals surface area contributed by atoms with Crippen LogP contribution in [0, 0.1) is 26.2 Å². The smallest absolute Gasteiger partial charge is 0.0900 e. The zero-order chi connectivity index (χ0) is 9.84. The van der Waals surface area contributed by atoms with E-state index in [1.54, 1.807) is 11.3 Å². The average molecular weight is 194 g/mol. The summed E-state index contributed by atoms with van der Waals surface area (Å²) < 4.78 is 0. The van der Waals surface area contributed by atoms with E-state index < -0.39 is 0 Å². The summed E-state index contributed by atoms with van der Waals surface area (Å²) in [7, 11) is 0. The van der Waals surface area contributed by atoms with E-state index in [9.17, 15) is 0 Å². The molecule has 2 nitrogen and oxygen atoms in total. The van der Waals surface area contributed by atoms with E-state index in [-0.39, 0.29) is 0 Å². The summed E-state index contributed by atoms with van der Waals surface area (Å²) in [6, 6.07) is 0.308. The molecule has 1 atom stereocenters. The summed E-state index contributed by atoms with van der Waals surface area (Å²) in [6.07, 6.45) is 5.17. The molecular formula is C10H14N2S. The van der Waals surface area contributed by atoms with E-state index in [1.165, 1.54) is 4.88 Å². The number of nitrogens with one attached hydrogen (secondary N) is 1. The Morgan fingerprint density at radius 1 is 1.62 bits per heavy atom. The Balaban J connectivity index is 2.71. The average Bonchev–Trinajstić information content (AvgIpc) is 2.41. The standard InChI is InChI=1S/C10H14N2S/c1-5-6-11-7(2)10-8(3)12-9(4)13-10/h1,7,11H,6H2,2-4H3. The largest absolute Gasteiger partial charge is 0.299 e. The summed E-state index contributed by atoms with van der Waals surface area (Å²) in [5.41, 5.74) is 1.11. The molecule has 1 aromatic rings. The summed E-state index contributed by atoms with van der Waals surface area (Å²) in [4.78, 5) is 5.65. The number of hydrogen-bond donors (Lipinski definition) is 1. The first kappa shape index (κ1) is 10.2. The topological polar surface area (TPSA) is 24.9 Å². The van der Waals surface area contributed by atoms with E-state index in [0.717, 1.165) is 10.7 Å². The molecule has 0 fully saturated rings. The van der Waals surface area contributed by atoms with Gasteiger partial charge in [0.15, 0.2) is 0 Å². The van der Waals surface area contributed by atoms with Gasteiger partial charge in [-0.3, -0.25) is 5.32 Å². The van der Waals surface area contributed by atoms with Crippen LogP contribution in [0.15, 0.2) is 0 Å². The quantitative estimate of drug-likeness (QED) is 0.745. The van der Waals surface area contributed by atoms with E-state index >= 15 is 0 Å². The molecule has 0 radical (unpaired) electrons. The van der Waals surface area contributed by atoms with Gasteiger partial charge in [-0.2, -0.15) is 0 Å². The fourth-order valence-electron chi connectivity index (χ4n) is 1.25. The number of aryl methyl sites for hydroxylation is 2. The van der Waals surface area contributed by atoms with Crippen LogP contribution in [0.2, 0.25) is 0 Å². The minimum absolute atomic E-state index is 0.308. The molecule has 0 aliphatic heterocycles. The zero-order valence-corrected chi connectivity index (χ0v) is 9.03. The molecule has 0 saturated heterocycles. The lowest BCUT2D eigenvalue weighted by Crippen LogP contribution is -2.18. The Hall–Kier alpha value is -0.850. The highest BCUT2D eigenvalue weighted by Gasteiger charge is 2.11. The Morgan fingerprint density at radius 3 is 2.77 bits per heavy atom. The summed E-state index contributed by atoms with van der Waals surface area (Å²) in [5, 5.41) is 4.35. The molecule has 1 heterocycles. The van der Waals surface area contributed by atoms with Crippen molar-refractivity contribution in [1.29, 1.82) is 0 Å². The van der Waals surface area contributed by atoms with E-state index in [4.69, 9.17) is 6.42 Å². The number of rotatable bonds is 3. The van der Waals surface area contributed by atoms with Crippen molar-refractivity contribution < 1.29 is 0 Å². The van der Waals surface area contributed by atoms with Crippen LogP contribution < -0.4 is 5.32 Å². The summed E-state index contributed by atoms with van der Waals surface area (Å²) in [6.45, 7) is 6.77. The molecule has 0 aliphatic rings. The predicted molar refractivity (Wildman–Crippen MR) is 56.8 cm³/mol. The highest BCUT2D eigenvalue weighted by atomic mass is 32.1. The van der Waals surface area contributed by atoms with E-state index in [0.29, 0.717) is 12.6 Å². The van der Waals surface area contributed by atoms with Crippen LogP contribution in [-0.4, -0.2) is 11.5 Å². The van der Waals surface area contributed by atoms with Crippen LogP contribution >= 0.6 is 11.3 Å². The van der Waals surface area contributed by atoms with Gasteiger partial charge in [0.1, 0.15) is 0 Å². The maximum Gasteiger partial charge on any atom is 0.0900 e. The van der Waals surface area contributed by atoms with Crippen LogP contribution in [0.5, 0.6) is 0 Å². The number of terminal acetylenes is 1. The van der Waals surface area contributed by atoms with Crippen molar-refractivity contribution in [2.24, 2.45) is 0 Å². The van der Waals surface area contributed by atoms with Crippen molar-refractivity contribution in [3.63, 3.8) is 0 Å². The van der Waals surface area contributed by atoms with Gasteiger partial charge in [0, 0.05) is 10.9 Å². The second-order valence-corrected chi connectivity index (χ2v) is 4.22. The highest BCUT2D eigenvalue weighted by Crippen LogP contribution is 2.23. The maximum atomic E-state index is 5.17. The lowest BCUT2D eigenvalue weighted by Gasteiger charge is -2.09. The van der Waals surface area contributed by atoms with Crippen LogP contribution in [-0.2, 0) is 0 Å². The predicted octanol–water partition coefficient (Wildman–Crippen LogP) is 2.04. The SMILES string of the molecule is C#CCNC(C)c1sc(C)nc1C. The molecule has 70 valence electrons. The number of hydrogen-bond acceptors (Lipinski definition) is 3. The Bertz CT molecular complexity index is 322. The Labute approximate surface area is 83.4 Å². The van der Waals surface area contributed by atoms with Gasteiger partial charge in [0.2, 0.25) is 0 Å². The molecule has 0 bridgehead atoms. The first-order valence-electron chi connectivity index (χ1n) is 4.26. The summed E-state index contributed by atoms with van der Waals surface area (Å²) >= 11 is 1.73. The Morgan fingerprint density at radius 2 is 2.31 bits per heavy atom. The Kier molecular flexibility index (Phi) is 3.47. The lowest BCUT2D eigenvalue weighted by atomic mass is 10.2. The molecule has 0 aromatic carbocycles. The molecule has 1 aromatic heterocycles. The molecular weight excluding hydrogens is 180 g/mol. The number of thiazole rings is 1. The van der Waals surface area contributed by atoms with Crippen molar-refractivity contribution in [2.45, 2.75) is 26.8 Å². The summed E-state index contributed by atoms with van der Waals surface area (Å²) in [5.74, 6) is 2.57. The zero-order valence-electron chi connectivity index (χ0n) is 8.22. The van der Waals surface area contributed by atoms with Gasteiger partial charge < -0.3 is 0 Å². The van der Waals surface area contributed by atoms with Crippen LogP contribution in [0.4, 0.5) is 0 Å². The van der Waals surface area contributed by atoms with Crippen LogP contribution in [0.3, 0.4) is 0 Å². The molecule has 1 rings (SSSR count). The van der Waals surface area contributed by atoms with Gasteiger partial charge >= 0.3 is 0 Å². The second kappa shape index (κ2) is 4.40. The molecule has 0 amide bonds. The number of nitrogens with zero attached hydrogens (tertiary/aromatic N) is 1. The van der Waals surface area contributed by atoms with Gasteiger partial charge in [0.25, 0.3) is 0 Å². The molecule has 0 saturated carbocycles. The first-order chi connectivity index (χ1) is 6.15. The first-order valence-corrected chi connectivity index (χ1v) is 5.07. The third-order valence-electron chi connectivity index (χ3n) is 1.84. The van der Waals surface area contributed by atoms with Crippen molar-refractivity contribution in [2.75, 3.05) is 6.54 Å². The minimum atomic E-state index is 0.308. The highest BCUT2D eigenvalue weighted by molar-refractivity contribution is 7.11. The normalized spacial score (nSPS) is 12.5. The van der Waals surface area contributed by atoms with Crippen molar-refractivity contribution in [3.05, 3.63) is 15.6 Å². The van der Waals surface area contributed by atoms with E-state index in [2.05, 4.69) is 23.1 Å². The minimum Gasteiger partial charge on any atom is -0.299 e. The van der Waals surface area contributed by atoms with Gasteiger partial charge in [-0.1, -0.05) is 5.92 Å². The van der Waals surface area contributed by atoms with Gasteiger partial charge in [0.05, 0.1) is 17.2 Å². The van der Waals surface area contributed by atoms with Crippen molar-refractivity contribution in [3.8, 4) is 12.3 Å². The van der Waals surface area contributed by atoms with Gasteiger partial charge in [-0.15, -0.1) is 17.8 Å². The molecule has 3 heteroatoms. The van der Waals surface area contributed by atoms with Gasteiger partial charge in [-0.25, -0.2) is 4.98 Å². The third-order valence-corrected chi connectivity index (χ3v) is 3.10. The van der Waals surface area contributed by atoms with E-state index in [1.807, 2.05) is 13.8 Å². The molecule has 13 heavy (non-hydrogen) atoms. The molecule has 1 unspecified atom stereocenters. The fourth-order valence-corrected chi connectivity index (χ4v) is 2.21. The van der Waals surface area contributed by atoms with Crippen molar-refractivity contribution in [1.82, 2.24) is 10.3 Å². The molecule has 0 aliphatic carbocycles. The lowest BCUT2D eigenvalue weighted by molar-refractivity contribution is 0.629. The maximum absolute atomic E-state index is 5.17. The number of aromatic nitrogens is 1. The second-order valence-electron chi connectivity index (χ2n) is 2.99. The molecule has 0 spiro atoms. The van der Waals surface area contributed by atoms with Crippen LogP contribution in [0.1, 0.15) is 28.5 Å². The third kappa shape index (κ3) is 2.55. The fraction of sp³-hybridized carbons (Fsp3) is 0.500. The van der Waals surface area contributed by atoms with Gasteiger partial charge in [-0.05, 0) is 20.8 Å². The van der Waals surface area contributed by atoms with Crippen molar-refractivity contribution >= 4 is 11.3 Å². The monoisotopic (exact) mass is 194 g/mol.